The monoisotopic (exact) mass is 345 g/mol. The molecule has 0 amide bonds. The Morgan fingerprint density at radius 1 is 0.720 bits per heavy atom. The molecule has 2 rings (SSSR count). The van der Waals surface area contributed by atoms with Crippen molar-refractivity contribution in [2.75, 3.05) is 0 Å². The van der Waals surface area contributed by atoms with Gasteiger partial charge in [0.2, 0.25) is 0 Å². The Morgan fingerprint density at radius 3 is 1.80 bits per heavy atom. The highest BCUT2D eigenvalue weighted by atomic mass is 14.4. The van der Waals surface area contributed by atoms with Crippen molar-refractivity contribution < 1.29 is 0 Å². The summed E-state index contributed by atoms with van der Waals surface area (Å²) in [5, 5.41) is 9.85. The SMILES string of the molecule is CCCCC[C@H]1CC[C@H](CC[C@]2(C#N)CC[C@H](CCCC)CC2)CC1. The number of nitrogens with zero attached hydrogens (tertiary/aromatic N) is 1. The minimum atomic E-state index is 0.0424. The van der Waals surface area contributed by atoms with Crippen LogP contribution in [0.2, 0.25) is 0 Å². The molecule has 2 fully saturated rings. The van der Waals surface area contributed by atoms with Crippen LogP contribution in [0.15, 0.2) is 0 Å². The van der Waals surface area contributed by atoms with Crippen LogP contribution in [-0.2, 0) is 0 Å². The van der Waals surface area contributed by atoms with Gasteiger partial charge in [-0.1, -0.05) is 84.5 Å². The number of nitriles is 1. The lowest BCUT2D eigenvalue weighted by Crippen LogP contribution is -2.27. The summed E-state index contributed by atoms with van der Waals surface area (Å²) in [6, 6.07) is 2.78. The fraction of sp³-hybridized carbons (Fsp3) is 0.958. The number of rotatable bonds is 10. The first-order valence-electron chi connectivity index (χ1n) is 11.6. The van der Waals surface area contributed by atoms with E-state index in [9.17, 15) is 5.26 Å². The molecule has 0 aromatic rings. The summed E-state index contributed by atoms with van der Waals surface area (Å²) in [5.41, 5.74) is 0.0424. The smallest absolute Gasteiger partial charge is 0.0689 e. The van der Waals surface area contributed by atoms with Gasteiger partial charge in [-0.25, -0.2) is 0 Å². The third-order valence-corrected chi connectivity index (χ3v) is 7.48. The van der Waals surface area contributed by atoms with E-state index in [0.717, 1.165) is 17.8 Å². The lowest BCUT2D eigenvalue weighted by atomic mass is 9.66. The van der Waals surface area contributed by atoms with Crippen molar-refractivity contribution in [3.8, 4) is 6.07 Å². The maximum atomic E-state index is 9.85. The second-order valence-electron chi connectivity index (χ2n) is 9.40. The Balaban J connectivity index is 1.66. The summed E-state index contributed by atoms with van der Waals surface area (Å²) in [4.78, 5) is 0. The summed E-state index contributed by atoms with van der Waals surface area (Å²) >= 11 is 0. The van der Waals surface area contributed by atoms with Crippen LogP contribution in [-0.4, -0.2) is 0 Å². The predicted molar refractivity (Wildman–Crippen MR) is 108 cm³/mol. The summed E-state index contributed by atoms with van der Waals surface area (Å²) in [6.07, 6.45) is 23.1. The van der Waals surface area contributed by atoms with Crippen molar-refractivity contribution in [3.63, 3.8) is 0 Å². The van der Waals surface area contributed by atoms with Gasteiger partial charge in [0.15, 0.2) is 0 Å². The van der Waals surface area contributed by atoms with Crippen LogP contribution in [0.25, 0.3) is 0 Å². The number of hydrogen-bond donors (Lipinski definition) is 0. The van der Waals surface area contributed by atoms with Gasteiger partial charge in [-0.05, 0) is 56.3 Å². The fourth-order valence-corrected chi connectivity index (χ4v) is 5.40. The van der Waals surface area contributed by atoms with Crippen LogP contribution in [0, 0.1) is 34.5 Å². The van der Waals surface area contributed by atoms with E-state index in [1.807, 2.05) is 0 Å². The molecule has 0 atom stereocenters. The van der Waals surface area contributed by atoms with Gasteiger partial charge in [0.25, 0.3) is 0 Å². The van der Waals surface area contributed by atoms with Gasteiger partial charge in [-0.3, -0.25) is 0 Å². The molecule has 0 aromatic heterocycles. The zero-order valence-corrected chi connectivity index (χ0v) is 17.2. The third-order valence-electron chi connectivity index (χ3n) is 7.48. The molecule has 2 aliphatic carbocycles. The van der Waals surface area contributed by atoms with E-state index in [1.54, 1.807) is 0 Å². The van der Waals surface area contributed by atoms with Gasteiger partial charge in [-0.2, -0.15) is 5.26 Å². The Kier molecular flexibility index (Phi) is 9.36. The maximum absolute atomic E-state index is 9.85. The lowest BCUT2D eigenvalue weighted by Gasteiger charge is -2.37. The minimum absolute atomic E-state index is 0.0424. The van der Waals surface area contributed by atoms with E-state index < -0.39 is 0 Å². The standard InChI is InChI=1S/C24H43N/c1-3-5-7-9-21-10-12-23(13-11-21)16-19-24(20-25)17-14-22(15-18-24)8-6-4-2/h21-23H,3-19H2,1-2H3/t21-,22-,23-,24-. The Bertz CT molecular complexity index is 377. The van der Waals surface area contributed by atoms with Crippen molar-refractivity contribution in [2.24, 2.45) is 23.2 Å². The van der Waals surface area contributed by atoms with E-state index >= 15 is 0 Å². The number of hydrogen-bond acceptors (Lipinski definition) is 1. The van der Waals surface area contributed by atoms with E-state index in [1.165, 1.54) is 109 Å². The average molecular weight is 346 g/mol. The van der Waals surface area contributed by atoms with Gasteiger partial charge < -0.3 is 0 Å². The van der Waals surface area contributed by atoms with Gasteiger partial charge in [0.1, 0.15) is 0 Å². The van der Waals surface area contributed by atoms with Crippen molar-refractivity contribution in [2.45, 2.75) is 123 Å². The Morgan fingerprint density at radius 2 is 1.24 bits per heavy atom. The maximum Gasteiger partial charge on any atom is 0.0689 e. The molecular formula is C24H43N. The summed E-state index contributed by atoms with van der Waals surface area (Å²) < 4.78 is 0. The third kappa shape index (κ3) is 6.96. The summed E-state index contributed by atoms with van der Waals surface area (Å²) in [7, 11) is 0. The zero-order chi connectivity index (χ0) is 18.0. The molecule has 0 heterocycles. The molecule has 0 aromatic carbocycles. The van der Waals surface area contributed by atoms with Gasteiger partial charge in [0, 0.05) is 0 Å². The van der Waals surface area contributed by atoms with Gasteiger partial charge in [-0.15, -0.1) is 0 Å². The molecule has 1 heteroatoms. The van der Waals surface area contributed by atoms with Crippen LogP contribution in [0.4, 0.5) is 0 Å². The van der Waals surface area contributed by atoms with Crippen molar-refractivity contribution in [1.82, 2.24) is 0 Å². The molecule has 2 aliphatic rings. The molecule has 25 heavy (non-hydrogen) atoms. The van der Waals surface area contributed by atoms with Gasteiger partial charge in [0.05, 0.1) is 11.5 Å². The van der Waals surface area contributed by atoms with Crippen molar-refractivity contribution in [3.05, 3.63) is 0 Å². The second-order valence-corrected chi connectivity index (χ2v) is 9.40. The molecule has 0 spiro atoms. The lowest BCUT2D eigenvalue weighted by molar-refractivity contribution is 0.163. The van der Waals surface area contributed by atoms with Crippen LogP contribution < -0.4 is 0 Å². The molecular weight excluding hydrogens is 302 g/mol. The van der Waals surface area contributed by atoms with Crippen molar-refractivity contribution in [1.29, 1.82) is 5.26 Å². The Labute approximate surface area is 158 Å². The first-order chi connectivity index (χ1) is 12.2. The molecule has 0 saturated heterocycles. The van der Waals surface area contributed by atoms with Crippen LogP contribution in [0.5, 0.6) is 0 Å². The predicted octanol–water partition coefficient (Wildman–Crippen LogP) is 8.04. The molecule has 0 radical (unpaired) electrons. The van der Waals surface area contributed by atoms with E-state index in [-0.39, 0.29) is 5.41 Å². The first kappa shape index (κ1) is 20.8. The zero-order valence-electron chi connectivity index (χ0n) is 17.2. The van der Waals surface area contributed by atoms with Gasteiger partial charge >= 0.3 is 0 Å². The number of unbranched alkanes of at least 4 members (excludes halogenated alkanes) is 3. The van der Waals surface area contributed by atoms with Crippen LogP contribution >= 0.6 is 0 Å². The fourth-order valence-electron chi connectivity index (χ4n) is 5.40. The minimum Gasteiger partial charge on any atom is -0.198 e. The highest BCUT2D eigenvalue weighted by Crippen LogP contribution is 2.45. The average Bonchev–Trinajstić information content (AvgIpc) is 2.67. The molecule has 2 saturated carbocycles. The topological polar surface area (TPSA) is 23.8 Å². The molecule has 0 N–H and O–H groups in total. The van der Waals surface area contributed by atoms with E-state index in [4.69, 9.17) is 0 Å². The highest BCUT2D eigenvalue weighted by Gasteiger charge is 2.35. The van der Waals surface area contributed by atoms with Crippen molar-refractivity contribution >= 4 is 0 Å². The second kappa shape index (κ2) is 11.3. The van der Waals surface area contributed by atoms with Crippen LogP contribution in [0.1, 0.15) is 123 Å². The summed E-state index contributed by atoms with van der Waals surface area (Å²) in [6.45, 7) is 4.60. The molecule has 0 aliphatic heterocycles. The normalized spacial score (nSPS) is 33.1. The molecule has 144 valence electrons. The van der Waals surface area contributed by atoms with E-state index in [2.05, 4.69) is 19.9 Å². The largest absolute Gasteiger partial charge is 0.198 e. The summed E-state index contributed by atoms with van der Waals surface area (Å²) in [5.74, 6) is 2.85. The Hall–Kier alpha value is -0.510. The molecule has 1 nitrogen and oxygen atoms in total. The van der Waals surface area contributed by atoms with E-state index in [0.29, 0.717) is 0 Å². The highest BCUT2D eigenvalue weighted by molar-refractivity contribution is 5.01. The molecule has 0 bridgehead atoms. The quantitative estimate of drug-likeness (QED) is 0.367. The molecule has 0 unspecified atom stereocenters. The first-order valence-corrected chi connectivity index (χ1v) is 11.6. The van der Waals surface area contributed by atoms with Crippen LogP contribution in [0.3, 0.4) is 0 Å².